The van der Waals surface area contributed by atoms with E-state index in [1.807, 2.05) is 6.07 Å². The van der Waals surface area contributed by atoms with Crippen LogP contribution in [-0.2, 0) is 13.1 Å². The number of pyridine rings is 2. The van der Waals surface area contributed by atoms with Crippen molar-refractivity contribution >= 4 is 11.6 Å². The van der Waals surface area contributed by atoms with Crippen molar-refractivity contribution in [3.63, 3.8) is 0 Å². The van der Waals surface area contributed by atoms with E-state index in [1.165, 1.54) is 24.4 Å². The van der Waals surface area contributed by atoms with Gasteiger partial charge in [0, 0.05) is 18.0 Å². The van der Waals surface area contributed by atoms with Crippen LogP contribution in [0.4, 0.5) is 18.9 Å². The molecular formula is C25H28F3N5O3. The molecule has 192 valence electrons. The van der Waals surface area contributed by atoms with Crippen molar-refractivity contribution in [3.05, 3.63) is 47.5 Å². The fourth-order valence-corrected chi connectivity index (χ4v) is 4.16. The van der Waals surface area contributed by atoms with Crippen molar-refractivity contribution in [1.29, 1.82) is 0 Å². The average Bonchev–Trinajstić information content (AvgIpc) is 3.41. The Bertz CT molecular complexity index is 1240. The minimum atomic E-state index is -4.40. The van der Waals surface area contributed by atoms with Crippen molar-refractivity contribution in [2.24, 2.45) is 0 Å². The van der Waals surface area contributed by atoms with E-state index in [2.05, 4.69) is 22.0 Å². The summed E-state index contributed by atoms with van der Waals surface area (Å²) in [5.74, 6) is 0.572. The molecule has 0 radical (unpaired) electrons. The van der Waals surface area contributed by atoms with Gasteiger partial charge in [-0.1, -0.05) is 26.2 Å². The number of ether oxygens (including phenoxy) is 2. The highest BCUT2D eigenvalue weighted by Gasteiger charge is 2.34. The van der Waals surface area contributed by atoms with Crippen molar-refractivity contribution < 1.29 is 27.4 Å². The van der Waals surface area contributed by atoms with Gasteiger partial charge in [0.2, 0.25) is 0 Å². The number of fused-ring (bicyclic) bond motifs is 1. The van der Waals surface area contributed by atoms with Crippen LogP contribution in [0.5, 0.6) is 11.6 Å². The maximum Gasteiger partial charge on any atom is 0.408 e. The molecule has 0 aliphatic carbocycles. The molecule has 8 nitrogen and oxygen atoms in total. The van der Waals surface area contributed by atoms with Gasteiger partial charge in [0.15, 0.2) is 5.75 Å². The van der Waals surface area contributed by atoms with Gasteiger partial charge >= 0.3 is 6.18 Å². The molecule has 11 heteroatoms. The monoisotopic (exact) mass is 503 g/mol. The summed E-state index contributed by atoms with van der Waals surface area (Å²) in [7, 11) is 1.53. The van der Waals surface area contributed by atoms with E-state index >= 15 is 0 Å². The molecule has 1 aliphatic heterocycles. The molecule has 0 spiro atoms. The lowest BCUT2D eigenvalue weighted by molar-refractivity contribution is -0.142. The average molecular weight is 504 g/mol. The molecule has 0 N–H and O–H groups in total. The lowest BCUT2D eigenvalue weighted by atomic mass is 10.0. The van der Waals surface area contributed by atoms with Gasteiger partial charge < -0.3 is 9.47 Å². The Balaban J connectivity index is 1.56. The van der Waals surface area contributed by atoms with Crippen molar-refractivity contribution in [2.75, 3.05) is 18.6 Å². The second-order valence-corrected chi connectivity index (χ2v) is 8.69. The fourth-order valence-electron chi connectivity index (χ4n) is 4.16. The number of anilines is 1. The van der Waals surface area contributed by atoms with Crippen LogP contribution >= 0.6 is 0 Å². The Morgan fingerprint density at radius 2 is 1.94 bits per heavy atom. The first-order chi connectivity index (χ1) is 17.2. The SMILES string of the molecule is CCCCCCOc1cc(-c2cc(C)c3c(n2)CN(c2cnn(CC(F)(F)F)c2)C3=O)cnc1OC. The molecule has 3 aromatic rings. The summed E-state index contributed by atoms with van der Waals surface area (Å²) in [6, 6.07) is 3.61. The zero-order valence-corrected chi connectivity index (χ0v) is 20.4. The highest BCUT2D eigenvalue weighted by Crippen LogP contribution is 2.34. The van der Waals surface area contributed by atoms with Crippen LogP contribution in [0.1, 0.15) is 54.2 Å². The van der Waals surface area contributed by atoms with Gasteiger partial charge in [-0.3, -0.25) is 19.4 Å². The summed E-state index contributed by atoms with van der Waals surface area (Å²) in [6.45, 7) is 3.41. The van der Waals surface area contributed by atoms with Crippen LogP contribution < -0.4 is 14.4 Å². The van der Waals surface area contributed by atoms with E-state index < -0.39 is 12.7 Å². The number of aromatic nitrogens is 4. The van der Waals surface area contributed by atoms with E-state index in [9.17, 15) is 18.0 Å². The number of alkyl halides is 3. The van der Waals surface area contributed by atoms with Crippen LogP contribution in [0.2, 0.25) is 0 Å². The molecule has 4 heterocycles. The molecular weight excluding hydrogens is 475 g/mol. The number of aryl methyl sites for hydroxylation is 1. The number of amides is 1. The standard InChI is InChI=1S/C25H28F3N5O3/c1-4-5-6-7-8-36-21-10-17(11-29-23(21)35-3)19-9-16(2)22-20(31-19)14-33(24(22)34)18-12-30-32(13-18)15-25(26,27)28/h9-13H,4-8,14-15H2,1-3H3. The molecule has 0 bridgehead atoms. The fraction of sp³-hybridized carbons (Fsp3) is 0.440. The first kappa shape index (κ1) is 25.5. The van der Waals surface area contributed by atoms with E-state index in [0.29, 0.717) is 46.3 Å². The number of hydrogen-bond donors (Lipinski definition) is 0. The van der Waals surface area contributed by atoms with Crippen LogP contribution in [-0.4, -0.2) is 45.5 Å². The Kier molecular flexibility index (Phi) is 7.46. The van der Waals surface area contributed by atoms with Crippen molar-refractivity contribution in [1.82, 2.24) is 19.7 Å². The van der Waals surface area contributed by atoms with E-state index in [-0.39, 0.29) is 18.1 Å². The third-order valence-electron chi connectivity index (χ3n) is 5.89. The molecule has 0 saturated heterocycles. The number of hydrogen-bond acceptors (Lipinski definition) is 6. The maximum atomic E-state index is 13.1. The first-order valence-electron chi connectivity index (χ1n) is 11.8. The number of carbonyl (C=O) groups excluding carboxylic acids is 1. The number of halogens is 3. The molecule has 1 amide bonds. The highest BCUT2D eigenvalue weighted by atomic mass is 19.4. The normalized spacial score (nSPS) is 13.3. The van der Waals surface area contributed by atoms with Crippen molar-refractivity contribution in [3.8, 4) is 22.9 Å². The van der Waals surface area contributed by atoms with Gasteiger partial charge in [0.05, 0.1) is 49.1 Å². The van der Waals surface area contributed by atoms with Gasteiger partial charge in [0.1, 0.15) is 6.54 Å². The zero-order valence-electron chi connectivity index (χ0n) is 20.4. The Morgan fingerprint density at radius 1 is 1.14 bits per heavy atom. The lowest BCUT2D eigenvalue weighted by Gasteiger charge is -2.12. The minimum Gasteiger partial charge on any atom is -0.488 e. The molecule has 0 aromatic carbocycles. The molecule has 3 aromatic heterocycles. The summed E-state index contributed by atoms with van der Waals surface area (Å²) in [5, 5.41) is 3.75. The molecule has 0 fully saturated rings. The molecule has 0 unspecified atom stereocenters. The van der Waals surface area contributed by atoms with E-state index in [4.69, 9.17) is 9.47 Å². The second kappa shape index (κ2) is 10.5. The van der Waals surface area contributed by atoms with Crippen LogP contribution in [0.3, 0.4) is 0 Å². The van der Waals surface area contributed by atoms with Crippen LogP contribution in [0.25, 0.3) is 11.3 Å². The summed E-state index contributed by atoms with van der Waals surface area (Å²) >= 11 is 0. The smallest absolute Gasteiger partial charge is 0.408 e. The summed E-state index contributed by atoms with van der Waals surface area (Å²) in [5.41, 5.74) is 3.29. The number of unbranched alkanes of at least 4 members (excludes halogenated alkanes) is 3. The molecule has 4 rings (SSSR count). The van der Waals surface area contributed by atoms with E-state index in [0.717, 1.165) is 30.4 Å². The third kappa shape index (κ3) is 5.60. The predicted molar refractivity (Wildman–Crippen MR) is 127 cm³/mol. The first-order valence-corrected chi connectivity index (χ1v) is 11.8. The minimum absolute atomic E-state index is 0.130. The van der Waals surface area contributed by atoms with Crippen LogP contribution in [0.15, 0.2) is 30.7 Å². The Morgan fingerprint density at radius 3 is 2.67 bits per heavy atom. The topological polar surface area (TPSA) is 82.4 Å². The van der Waals surface area contributed by atoms with Crippen molar-refractivity contribution in [2.45, 2.75) is 58.8 Å². The van der Waals surface area contributed by atoms with Gasteiger partial charge in [-0.05, 0) is 31.0 Å². The zero-order chi connectivity index (χ0) is 25.9. The van der Waals surface area contributed by atoms with Gasteiger partial charge in [0.25, 0.3) is 11.8 Å². The quantitative estimate of drug-likeness (QED) is 0.348. The maximum absolute atomic E-state index is 13.1. The van der Waals surface area contributed by atoms with Gasteiger partial charge in [-0.15, -0.1) is 0 Å². The molecule has 0 atom stereocenters. The number of rotatable bonds is 10. The Hall–Kier alpha value is -3.63. The number of carbonyl (C=O) groups is 1. The summed E-state index contributed by atoms with van der Waals surface area (Å²) in [4.78, 5) is 23.5. The lowest BCUT2D eigenvalue weighted by Crippen LogP contribution is -2.23. The third-order valence-corrected chi connectivity index (χ3v) is 5.89. The largest absolute Gasteiger partial charge is 0.488 e. The van der Waals surface area contributed by atoms with Crippen LogP contribution in [0, 0.1) is 6.92 Å². The summed E-state index contributed by atoms with van der Waals surface area (Å²) < 4.78 is 50.1. The van der Waals surface area contributed by atoms with Gasteiger partial charge in [-0.25, -0.2) is 4.98 Å². The highest BCUT2D eigenvalue weighted by molar-refractivity contribution is 6.10. The molecule has 36 heavy (non-hydrogen) atoms. The number of methoxy groups -OCH3 is 1. The van der Waals surface area contributed by atoms with E-state index in [1.54, 1.807) is 19.2 Å². The Labute approximate surface area is 207 Å². The second-order valence-electron chi connectivity index (χ2n) is 8.69. The summed E-state index contributed by atoms with van der Waals surface area (Å²) in [6.07, 6.45) is 3.99. The molecule has 1 aliphatic rings. The molecule has 0 saturated carbocycles. The van der Waals surface area contributed by atoms with Gasteiger partial charge in [-0.2, -0.15) is 18.3 Å². The predicted octanol–water partition coefficient (Wildman–Crippen LogP) is 5.34. The number of nitrogens with zero attached hydrogens (tertiary/aromatic N) is 5.